The third kappa shape index (κ3) is 3.80. The van der Waals surface area contributed by atoms with Gasteiger partial charge >= 0.3 is 0 Å². The SMILES string of the molecule is CCc1nc2ccccc2n1C1CCN(c2ncccc2C(=O)N2CCCCC2)CC1. The Morgan fingerprint density at radius 2 is 1.77 bits per heavy atom. The average molecular weight is 418 g/mol. The minimum Gasteiger partial charge on any atom is -0.356 e. The molecule has 31 heavy (non-hydrogen) atoms. The van der Waals surface area contributed by atoms with Crippen molar-refractivity contribution in [2.45, 2.75) is 51.5 Å². The maximum atomic E-state index is 13.2. The number of anilines is 1. The molecule has 0 atom stereocenters. The predicted octanol–water partition coefficient (Wildman–Crippen LogP) is 4.46. The normalized spacial score (nSPS) is 18.0. The Balaban J connectivity index is 1.36. The highest BCUT2D eigenvalue weighted by atomic mass is 16.2. The first-order valence-electron chi connectivity index (χ1n) is 11.7. The van der Waals surface area contributed by atoms with E-state index in [1.807, 2.05) is 23.2 Å². The van der Waals surface area contributed by atoms with Crippen molar-refractivity contribution >= 4 is 22.8 Å². The molecule has 2 aromatic heterocycles. The van der Waals surface area contributed by atoms with Gasteiger partial charge in [0.2, 0.25) is 0 Å². The molecule has 1 amide bonds. The van der Waals surface area contributed by atoms with Gasteiger partial charge in [0.15, 0.2) is 0 Å². The zero-order valence-electron chi connectivity index (χ0n) is 18.3. The van der Waals surface area contributed by atoms with E-state index in [4.69, 9.17) is 4.98 Å². The maximum Gasteiger partial charge on any atom is 0.257 e. The van der Waals surface area contributed by atoms with Crippen molar-refractivity contribution in [1.82, 2.24) is 19.4 Å². The van der Waals surface area contributed by atoms with Gasteiger partial charge in [-0.3, -0.25) is 4.79 Å². The van der Waals surface area contributed by atoms with Gasteiger partial charge in [0.25, 0.3) is 5.91 Å². The second-order valence-electron chi connectivity index (χ2n) is 8.69. The van der Waals surface area contributed by atoms with E-state index in [9.17, 15) is 4.79 Å². The molecule has 0 unspecified atom stereocenters. The minimum atomic E-state index is 0.138. The summed E-state index contributed by atoms with van der Waals surface area (Å²) < 4.78 is 2.45. The summed E-state index contributed by atoms with van der Waals surface area (Å²) >= 11 is 0. The maximum absolute atomic E-state index is 13.2. The first-order valence-corrected chi connectivity index (χ1v) is 11.7. The number of fused-ring (bicyclic) bond motifs is 1. The third-order valence-corrected chi connectivity index (χ3v) is 6.77. The molecule has 0 bridgehead atoms. The summed E-state index contributed by atoms with van der Waals surface area (Å²) in [5.74, 6) is 2.15. The summed E-state index contributed by atoms with van der Waals surface area (Å²) in [6.45, 7) is 5.71. The number of benzene rings is 1. The molecule has 1 aromatic carbocycles. The fraction of sp³-hybridized carbons (Fsp3) is 0.480. The minimum absolute atomic E-state index is 0.138. The van der Waals surface area contributed by atoms with E-state index in [2.05, 4.69) is 45.6 Å². The van der Waals surface area contributed by atoms with Crippen LogP contribution in [0.15, 0.2) is 42.6 Å². The van der Waals surface area contributed by atoms with Crippen LogP contribution in [0.3, 0.4) is 0 Å². The van der Waals surface area contributed by atoms with Crippen LogP contribution in [-0.4, -0.2) is 51.5 Å². The van der Waals surface area contributed by atoms with E-state index in [1.54, 1.807) is 0 Å². The Morgan fingerprint density at radius 1 is 1.00 bits per heavy atom. The van der Waals surface area contributed by atoms with Crippen molar-refractivity contribution in [1.29, 1.82) is 0 Å². The number of likely N-dealkylation sites (tertiary alicyclic amines) is 1. The number of aryl methyl sites for hydroxylation is 1. The van der Waals surface area contributed by atoms with E-state index >= 15 is 0 Å². The Bertz CT molecular complexity index is 1060. The highest BCUT2D eigenvalue weighted by Crippen LogP contribution is 2.32. The summed E-state index contributed by atoms with van der Waals surface area (Å²) in [5, 5.41) is 0. The fourth-order valence-electron chi connectivity index (χ4n) is 5.17. The number of imidazole rings is 1. The number of aromatic nitrogens is 3. The Labute approximate surface area is 183 Å². The molecule has 2 aliphatic rings. The quantitative estimate of drug-likeness (QED) is 0.629. The van der Waals surface area contributed by atoms with Crippen molar-refractivity contribution in [3.8, 4) is 0 Å². The molecule has 4 heterocycles. The monoisotopic (exact) mass is 417 g/mol. The number of carbonyl (C=O) groups is 1. The van der Waals surface area contributed by atoms with E-state index in [0.29, 0.717) is 6.04 Å². The lowest BCUT2D eigenvalue weighted by molar-refractivity contribution is 0.0724. The molecule has 0 N–H and O–H groups in total. The molecule has 0 spiro atoms. The largest absolute Gasteiger partial charge is 0.356 e. The van der Waals surface area contributed by atoms with E-state index in [0.717, 1.165) is 75.2 Å². The zero-order valence-corrected chi connectivity index (χ0v) is 18.3. The molecule has 5 rings (SSSR count). The molecular formula is C25H31N5O. The van der Waals surface area contributed by atoms with Gasteiger partial charge in [-0.25, -0.2) is 9.97 Å². The summed E-state index contributed by atoms with van der Waals surface area (Å²) in [6.07, 6.45) is 8.23. The first-order chi connectivity index (χ1) is 15.3. The highest BCUT2D eigenvalue weighted by molar-refractivity contribution is 5.99. The van der Waals surface area contributed by atoms with Crippen LogP contribution in [0.5, 0.6) is 0 Å². The number of rotatable bonds is 4. The molecule has 0 radical (unpaired) electrons. The Morgan fingerprint density at radius 3 is 2.55 bits per heavy atom. The molecule has 0 aliphatic carbocycles. The van der Waals surface area contributed by atoms with Crippen molar-refractivity contribution in [3.05, 3.63) is 54.0 Å². The van der Waals surface area contributed by atoms with Gasteiger partial charge in [-0.1, -0.05) is 19.1 Å². The summed E-state index contributed by atoms with van der Waals surface area (Å²) in [5.41, 5.74) is 3.07. The van der Waals surface area contributed by atoms with Gasteiger partial charge in [-0.05, 0) is 56.4 Å². The van der Waals surface area contributed by atoms with Crippen LogP contribution in [0.1, 0.15) is 61.3 Å². The van der Waals surface area contributed by atoms with Crippen LogP contribution >= 0.6 is 0 Å². The molecular weight excluding hydrogens is 386 g/mol. The highest BCUT2D eigenvalue weighted by Gasteiger charge is 2.28. The topological polar surface area (TPSA) is 54.3 Å². The number of hydrogen-bond acceptors (Lipinski definition) is 4. The van der Waals surface area contributed by atoms with E-state index in [-0.39, 0.29) is 5.91 Å². The molecule has 6 nitrogen and oxygen atoms in total. The second kappa shape index (κ2) is 8.69. The lowest BCUT2D eigenvalue weighted by Gasteiger charge is -2.35. The summed E-state index contributed by atoms with van der Waals surface area (Å²) in [6, 6.07) is 12.7. The van der Waals surface area contributed by atoms with Gasteiger partial charge in [0, 0.05) is 44.8 Å². The fourth-order valence-corrected chi connectivity index (χ4v) is 5.17. The van der Waals surface area contributed by atoms with Crippen molar-refractivity contribution in [2.24, 2.45) is 0 Å². The van der Waals surface area contributed by atoms with Crippen molar-refractivity contribution in [2.75, 3.05) is 31.1 Å². The van der Waals surface area contributed by atoms with Gasteiger partial charge in [-0.2, -0.15) is 0 Å². The summed E-state index contributed by atoms with van der Waals surface area (Å²) in [4.78, 5) is 27.0. The van der Waals surface area contributed by atoms with Crippen LogP contribution in [0.25, 0.3) is 11.0 Å². The lowest BCUT2D eigenvalue weighted by atomic mass is 10.0. The smallest absolute Gasteiger partial charge is 0.257 e. The number of pyridine rings is 1. The third-order valence-electron chi connectivity index (χ3n) is 6.77. The van der Waals surface area contributed by atoms with Gasteiger partial charge in [-0.15, -0.1) is 0 Å². The molecule has 0 saturated carbocycles. The van der Waals surface area contributed by atoms with Crippen molar-refractivity contribution < 1.29 is 4.79 Å². The number of para-hydroxylation sites is 2. The van der Waals surface area contributed by atoms with Gasteiger partial charge in [0.1, 0.15) is 11.6 Å². The lowest BCUT2D eigenvalue weighted by Crippen LogP contribution is -2.39. The van der Waals surface area contributed by atoms with Crippen LogP contribution in [-0.2, 0) is 6.42 Å². The van der Waals surface area contributed by atoms with Crippen LogP contribution in [0.4, 0.5) is 5.82 Å². The Kier molecular flexibility index (Phi) is 5.62. The van der Waals surface area contributed by atoms with Crippen molar-refractivity contribution in [3.63, 3.8) is 0 Å². The van der Waals surface area contributed by atoms with Crippen LogP contribution in [0, 0.1) is 0 Å². The number of nitrogens with zero attached hydrogens (tertiary/aromatic N) is 5. The van der Waals surface area contributed by atoms with Gasteiger partial charge < -0.3 is 14.4 Å². The zero-order chi connectivity index (χ0) is 21.2. The number of amides is 1. The number of carbonyl (C=O) groups excluding carboxylic acids is 1. The molecule has 2 fully saturated rings. The first kappa shape index (κ1) is 20.0. The molecule has 6 heteroatoms. The standard InChI is InChI=1S/C25H31N5O/c1-2-23-27-21-10-4-5-11-22(21)30(23)19-12-17-28(18-13-19)24-20(9-8-14-26-24)25(31)29-15-6-3-7-16-29/h4-5,8-11,14,19H,2-3,6-7,12-13,15-18H2,1H3. The molecule has 2 aliphatic heterocycles. The number of hydrogen-bond donors (Lipinski definition) is 0. The number of piperidine rings is 2. The van der Waals surface area contributed by atoms with Crippen LogP contribution < -0.4 is 4.90 Å². The summed E-state index contributed by atoms with van der Waals surface area (Å²) in [7, 11) is 0. The predicted molar refractivity (Wildman–Crippen MR) is 124 cm³/mol. The molecule has 2 saturated heterocycles. The van der Waals surface area contributed by atoms with Crippen LogP contribution in [0.2, 0.25) is 0 Å². The van der Waals surface area contributed by atoms with E-state index in [1.165, 1.54) is 17.8 Å². The Hall–Kier alpha value is -2.89. The molecule has 162 valence electrons. The van der Waals surface area contributed by atoms with Gasteiger partial charge in [0.05, 0.1) is 16.6 Å². The average Bonchev–Trinajstić information content (AvgIpc) is 3.23. The molecule has 3 aromatic rings. The van der Waals surface area contributed by atoms with E-state index < -0.39 is 0 Å². The second-order valence-corrected chi connectivity index (χ2v) is 8.69.